The molecule has 1 aromatic carbocycles. The first-order valence-electron chi connectivity index (χ1n) is 4.20. The van der Waals surface area contributed by atoms with E-state index in [4.69, 9.17) is 5.73 Å². The quantitative estimate of drug-likeness (QED) is 0.695. The summed E-state index contributed by atoms with van der Waals surface area (Å²) < 4.78 is 13.0. The van der Waals surface area contributed by atoms with E-state index in [2.05, 4.69) is 5.32 Å². The highest BCUT2D eigenvalue weighted by Crippen LogP contribution is 2.25. The van der Waals surface area contributed by atoms with Crippen LogP contribution in [-0.2, 0) is 0 Å². The van der Waals surface area contributed by atoms with E-state index in [9.17, 15) is 18.8 Å². The Morgan fingerprint density at radius 3 is 2.69 bits per heavy atom. The van der Waals surface area contributed by atoms with E-state index in [1.807, 2.05) is 0 Å². The molecular formula is C9H5FN3O3. The summed E-state index contributed by atoms with van der Waals surface area (Å²) in [6.45, 7) is 0. The summed E-state index contributed by atoms with van der Waals surface area (Å²) in [6.07, 6.45) is 0. The molecule has 5 amide bonds. The molecule has 7 heteroatoms. The van der Waals surface area contributed by atoms with Crippen LogP contribution in [0.3, 0.4) is 0 Å². The molecule has 0 spiro atoms. The minimum absolute atomic E-state index is 0.0419. The van der Waals surface area contributed by atoms with Crippen LogP contribution in [0.1, 0.15) is 10.4 Å². The topological polar surface area (TPSA) is 94.6 Å². The van der Waals surface area contributed by atoms with Crippen molar-refractivity contribution in [2.75, 3.05) is 4.90 Å². The van der Waals surface area contributed by atoms with E-state index in [1.54, 1.807) is 0 Å². The molecular weight excluding hydrogens is 217 g/mol. The number of amides is 5. The fraction of sp³-hybridized carbons (Fsp3) is 0. The van der Waals surface area contributed by atoms with E-state index in [0.717, 1.165) is 18.2 Å². The average molecular weight is 222 g/mol. The fourth-order valence-corrected chi connectivity index (χ4v) is 1.38. The molecule has 81 valence electrons. The Hall–Kier alpha value is -2.44. The second-order valence-electron chi connectivity index (χ2n) is 3.03. The lowest BCUT2D eigenvalue weighted by Crippen LogP contribution is -2.49. The summed E-state index contributed by atoms with van der Waals surface area (Å²) in [6, 6.07) is 0.814. The number of halogens is 1. The highest BCUT2D eigenvalue weighted by Gasteiger charge is 2.34. The Balaban J connectivity index is 2.65. The van der Waals surface area contributed by atoms with Crippen LogP contribution in [0.2, 0.25) is 0 Å². The molecule has 0 aromatic heterocycles. The number of nitrogens with two attached hydrogens (primary N) is 1. The standard InChI is InChI=1S/C9H5FN3O3/c10-4-1-2-5-6(3-4)13(8(11)15)9(16)12-7(5)14/h1-3H,(H2,11,15). The predicted octanol–water partition coefficient (Wildman–Crippen LogP) is 0.589. The van der Waals surface area contributed by atoms with E-state index >= 15 is 0 Å². The van der Waals surface area contributed by atoms with Gasteiger partial charge >= 0.3 is 12.1 Å². The van der Waals surface area contributed by atoms with E-state index in [-0.39, 0.29) is 11.3 Å². The van der Waals surface area contributed by atoms with Gasteiger partial charge in [-0.05, 0) is 18.2 Å². The predicted molar refractivity (Wildman–Crippen MR) is 50.3 cm³/mol. The van der Waals surface area contributed by atoms with Crippen LogP contribution in [-0.4, -0.2) is 18.0 Å². The SMILES string of the molecule is NC(=O)N1C(=O)[N]C(=O)c2ccc(F)cc21. The molecule has 2 rings (SSSR count). The molecule has 0 saturated carbocycles. The second-order valence-corrected chi connectivity index (χ2v) is 3.03. The number of carbonyl (C=O) groups is 3. The minimum atomic E-state index is -1.12. The first-order valence-corrected chi connectivity index (χ1v) is 4.20. The van der Waals surface area contributed by atoms with Crippen LogP contribution >= 0.6 is 0 Å². The van der Waals surface area contributed by atoms with Crippen molar-refractivity contribution in [2.24, 2.45) is 5.73 Å². The van der Waals surface area contributed by atoms with Gasteiger partial charge in [-0.2, -0.15) is 5.32 Å². The van der Waals surface area contributed by atoms with Crippen molar-refractivity contribution in [1.82, 2.24) is 5.32 Å². The third-order valence-electron chi connectivity index (χ3n) is 2.04. The maximum absolute atomic E-state index is 13.0. The Bertz CT molecular complexity index is 515. The smallest absolute Gasteiger partial charge is 0.351 e. The number of nitrogens with zero attached hydrogens (tertiary/aromatic N) is 2. The van der Waals surface area contributed by atoms with Crippen molar-refractivity contribution in [1.29, 1.82) is 0 Å². The van der Waals surface area contributed by atoms with E-state index in [1.165, 1.54) is 0 Å². The summed E-state index contributed by atoms with van der Waals surface area (Å²) in [7, 11) is 0. The Kier molecular flexibility index (Phi) is 2.08. The van der Waals surface area contributed by atoms with Gasteiger partial charge in [0.1, 0.15) is 5.82 Å². The molecule has 1 aromatic rings. The monoisotopic (exact) mass is 222 g/mol. The summed E-state index contributed by atoms with van der Waals surface area (Å²) in [5.41, 5.74) is 4.72. The number of anilines is 1. The number of benzene rings is 1. The zero-order valence-corrected chi connectivity index (χ0v) is 7.81. The van der Waals surface area contributed by atoms with E-state index in [0.29, 0.717) is 4.90 Å². The molecule has 1 heterocycles. The van der Waals surface area contributed by atoms with Gasteiger partial charge in [0.25, 0.3) is 5.91 Å². The Morgan fingerprint density at radius 1 is 1.38 bits per heavy atom. The largest absolute Gasteiger partial charge is 0.359 e. The van der Waals surface area contributed by atoms with Crippen molar-refractivity contribution in [3.05, 3.63) is 29.6 Å². The molecule has 0 atom stereocenters. The summed E-state index contributed by atoms with van der Waals surface area (Å²) in [5, 5.41) is 3.08. The number of rotatable bonds is 0. The van der Waals surface area contributed by atoms with Crippen LogP contribution < -0.4 is 16.0 Å². The lowest BCUT2D eigenvalue weighted by atomic mass is 10.1. The third kappa shape index (κ3) is 1.38. The lowest BCUT2D eigenvalue weighted by molar-refractivity contribution is 0.0958. The van der Waals surface area contributed by atoms with Gasteiger partial charge in [0.2, 0.25) is 0 Å². The van der Waals surface area contributed by atoms with Gasteiger partial charge in [-0.25, -0.2) is 18.9 Å². The molecule has 0 aliphatic carbocycles. The highest BCUT2D eigenvalue weighted by molar-refractivity contribution is 6.25. The van der Waals surface area contributed by atoms with Gasteiger partial charge in [0.15, 0.2) is 0 Å². The normalized spacial score (nSPS) is 14.4. The lowest BCUT2D eigenvalue weighted by Gasteiger charge is -2.23. The number of primary amides is 1. The van der Waals surface area contributed by atoms with Gasteiger partial charge in [-0.3, -0.25) is 4.79 Å². The molecule has 0 saturated heterocycles. The first-order chi connectivity index (χ1) is 7.50. The number of carbonyl (C=O) groups excluding carboxylic acids is 3. The van der Waals surface area contributed by atoms with Crippen LogP contribution in [0, 0.1) is 5.82 Å². The first kappa shape index (κ1) is 10.1. The molecule has 0 unspecified atom stereocenters. The van der Waals surface area contributed by atoms with Gasteiger partial charge in [-0.1, -0.05) is 0 Å². The molecule has 0 fully saturated rings. The number of imide groups is 2. The van der Waals surface area contributed by atoms with Crippen LogP contribution in [0.15, 0.2) is 18.2 Å². The van der Waals surface area contributed by atoms with Crippen LogP contribution in [0.4, 0.5) is 19.7 Å². The molecule has 0 bridgehead atoms. The zero-order chi connectivity index (χ0) is 11.9. The van der Waals surface area contributed by atoms with Crippen molar-refractivity contribution >= 4 is 23.7 Å². The second kappa shape index (κ2) is 3.30. The number of urea groups is 2. The van der Waals surface area contributed by atoms with E-state index < -0.39 is 23.8 Å². The molecule has 1 aliphatic heterocycles. The van der Waals surface area contributed by atoms with Gasteiger partial charge in [0, 0.05) is 0 Å². The summed E-state index contributed by atoms with van der Waals surface area (Å²) in [5.74, 6) is -1.51. The van der Waals surface area contributed by atoms with Gasteiger partial charge in [0.05, 0.1) is 11.3 Å². The maximum Gasteiger partial charge on any atom is 0.359 e. The van der Waals surface area contributed by atoms with Crippen molar-refractivity contribution < 1.29 is 18.8 Å². The molecule has 1 radical (unpaired) electrons. The molecule has 6 nitrogen and oxygen atoms in total. The molecule has 16 heavy (non-hydrogen) atoms. The van der Waals surface area contributed by atoms with Crippen molar-refractivity contribution in [3.8, 4) is 0 Å². The maximum atomic E-state index is 13.0. The van der Waals surface area contributed by atoms with Gasteiger partial charge < -0.3 is 5.73 Å². The van der Waals surface area contributed by atoms with Crippen LogP contribution in [0.5, 0.6) is 0 Å². The number of hydrogen-bond acceptors (Lipinski definition) is 3. The Morgan fingerprint density at radius 2 is 2.06 bits per heavy atom. The number of hydrogen-bond donors (Lipinski definition) is 1. The average Bonchev–Trinajstić information content (AvgIpc) is 2.15. The van der Waals surface area contributed by atoms with Crippen molar-refractivity contribution in [2.45, 2.75) is 0 Å². The minimum Gasteiger partial charge on any atom is -0.351 e. The third-order valence-corrected chi connectivity index (χ3v) is 2.04. The summed E-state index contributed by atoms with van der Waals surface area (Å²) in [4.78, 5) is 33.9. The summed E-state index contributed by atoms with van der Waals surface area (Å²) >= 11 is 0. The molecule has 1 aliphatic rings. The zero-order valence-electron chi connectivity index (χ0n) is 7.81. The highest BCUT2D eigenvalue weighted by atomic mass is 19.1. The van der Waals surface area contributed by atoms with Gasteiger partial charge in [-0.15, -0.1) is 0 Å². The number of fused-ring (bicyclic) bond motifs is 1. The van der Waals surface area contributed by atoms with Crippen molar-refractivity contribution in [3.63, 3.8) is 0 Å². The molecule has 2 N–H and O–H groups in total. The Labute approximate surface area is 88.8 Å². The van der Waals surface area contributed by atoms with Crippen LogP contribution in [0.25, 0.3) is 0 Å². The fourth-order valence-electron chi connectivity index (χ4n) is 1.38.